The first-order chi connectivity index (χ1) is 8.41. The molecule has 1 atom stereocenters. The highest BCUT2D eigenvalue weighted by atomic mass is 79.9. The van der Waals surface area contributed by atoms with Crippen molar-refractivity contribution in [3.05, 3.63) is 32.8 Å². The Morgan fingerprint density at radius 1 is 1.21 bits per heavy atom. The van der Waals surface area contributed by atoms with Crippen molar-refractivity contribution in [2.75, 3.05) is 6.26 Å². The van der Waals surface area contributed by atoms with E-state index >= 15 is 0 Å². The van der Waals surface area contributed by atoms with Crippen molar-refractivity contribution in [3.8, 4) is 0 Å². The van der Waals surface area contributed by atoms with Gasteiger partial charge in [0.15, 0.2) is 9.84 Å². The molecule has 0 aromatic heterocycles. The van der Waals surface area contributed by atoms with Crippen molar-refractivity contribution in [2.45, 2.75) is 44.7 Å². The molecular weight excluding hydrogens is 348 g/mol. The van der Waals surface area contributed by atoms with E-state index in [0.29, 0.717) is 0 Å². The van der Waals surface area contributed by atoms with Gasteiger partial charge in [-0.15, -0.1) is 11.6 Å². The lowest BCUT2D eigenvalue weighted by Gasteiger charge is -2.31. The van der Waals surface area contributed by atoms with Crippen LogP contribution in [0.25, 0.3) is 0 Å². The predicted molar refractivity (Wildman–Crippen MR) is 85.9 cm³/mol. The van der Waals surface area contributed by atoms with Crippen LogP contribution in [-0.2, 0) is 9.84 Å². The van der Waals surface area contributed by atoms with Gasteiger partial charge in [0.1, 0.15) is 0 Å². The summed E-state index contributed by atoms with van der Waals surface area (Å²) in [5.74, 6) is 0. The fraction of sp³-hybridized carbons (Fsp3) is 0.571. The van der Waals surface area contributed by atoms with Gasteiger partial charge in [-0.1, -0.05) is 22.0 Å². The third kappa shape index (κ3) is 3.01. The Balaban J connectivity index is 3.53. The van der Waals surface area contributed by atoms with E-state index < -0.39 is 20.0 Å². The summed E-state index contributed by atoms with van der Waals surface area (Å²) < 4.78 is 23.9. The second-order valence-corrected chi connectivity index (χ2v) is 9.43. The molecule has 0 aliphatic rings. The van der Waals surface area contributed by atoms with E-state index in [1.165, 1.54) is 6.26 Å². The Morgan fingerprint density at radius 3 is 2.11 bits per heavy atom. The summed E-state index contributed by atoms with van der Waals surface area (Å²) in [6.45, 7) is 9.29. The first-order valence-electron chi connectivity index (χ1n) is 6.01. The zero-order valence-electron chi connectivity index (χ0n) is 12.1. The van der Waals surface area contributed by atoms with E-state index in [-0.39, 0.29) is 0 Å². The Bertz CT molecular complexity index is 606. The zero-order chi connectivity index (χ0) is 15.2. The number of hydrogen-bond donors (Lipinski definition) is 0. The lowest BCUT2D eigenvalue weighted by atomic mass is 9.92. The molecule has 0 heterocycles. The van der Waals surface area contributed by atoms with Crippen LogP contribution in [-0.4, -0.2) is 19.4 Å². The summed E-state index contributed by atoms with van der Waals surface area (Å²) >= 11 is 10.1. The first-order valence-corrected chi connectivity index (χ1v) is 9.13. The molecule has 0 saturated carbocycles. The fourth-order valence-corrected chi connectivity index (χ4v) is 3.74. The van der Waals surface area contributed by atoms with Crippen LogP contribution in [0.3, 0.4) is 0 Å². The van der Waals surface area contributed by atoms with Gasteiger partial charge in [0.05, 0.1) is 10.1 Å². The van der Waals surface area contributed by atoms with Crippen LogP contribution >= 0.6 is 27.5 Å². The molecule has 0 amide bonds. The van der Waals surface area contributed by atoms with Gasteiger partial charge in [-0.05, 0) is 56.9 Å². The molecule has 0 saturated heterocycles. The predicted octanol–water partition coefficient (Wildman–Crippen LogP) is 4.48. The number of sulfone groups is 1. The number of benzene rings is 1. The van der Waals surface area contributed by atoms with Gasteiger partial charge in [-0.2, -0.15) is 0 Å². The second-order valence-electron chi connectivity index (χ2n) is 5.60. The summed E-state index contributed by atoms with van der Waals surface area (Å²) in [5, 5.41) is -0.584. The normalized spacial score (nSPS) is 14.5. The van der Waals surface area contributed by atoms with Crippen molar-refractivity contribution in [1.82, 2.24) is 0 Å². The molecule has 0 bridgehead atoms. The summed E-state index contributed by atoms with van der Waals surface area (Å²) in [4.78, 5) is 0. The van der Waals surface area contributed by atoms with Crippen molar-refractivity contribution >= 4 is 37.4 Å². The molecule has 1 aromatic rings. The topological polar surface area (TPSA) is 34.1 Å². The average molecular weight is 368 g/mol. The van der Waals surface area contributed by atoms with Gasteiger partial charge in [-0.3, -0.25) is 0 Å². The molecule has 2 nitrogen and oxygen atoms in total. The van der Waals surface area contributed by atoms with Crippen molar-refractivity contribution in [1.29, 1.82) is 0 Å². The van der Waals surface area contributed by atoms with Crippen LogP contribution in [0.15, 0.2) is 10.5 Å². The maximum atomic E-state index is 11.9. The van der Waals surface area contributed by atoms with Gasteiger partial charge in [0, 0.05) is 10.7 Å². The number of rotatable bonds is 3. The molecule has 1 unspecified atom stereocenters. The van der Waals surface area contributed by atoms with E-state index in [4.69, 9.17) is 11.6 Å². The molecule has 0 aliphatic heterocycles. The minimum atomic E-state index is -3.25. The van der Waals surface area contributed by atoms with Crippen molar-refractivity contribution in [2.24, 2.45) is 0 Å². The number of hydrogen-bond acceptors (Lipinski definition) is 2. The van der Waals surface area contributed by atoms with E-state index in [0.717, 1.165) is 26.7 Å². The maximum absolute atomic E-state index is 11.9. The van der Waals surface area contributed by atoms with E-state index in [1.807, 2.05) is 26.8 Å². The highest BCUT2D eigenvalue weighted by Gasteiger charge is 2.40. The minimum Gasteiger partial charge on any atom is -0.229 e. The Morgan fingerprint density at radius 2 is 1.68 bits per heavy atom. The van der Waals surface area contributed by atoms with Gasteiger partial charge in [-0.25, -0.2) is 8.42 Å². The van der Waals surface area contributed by atoms with Gasteiger partial charge in [0.25, 0.3) is 0 Å². The molecule has 0 radical (unpaired) electrons. The van der Waals surface area contributed by atoms with Crippen LogP contribution < -0.4 is 0 Å². The summed E-state index contributed by atoms with van der Waals surface area (Å²) in [5.41, 5.74) is 4.05. The summed E-state index contributed by atoms with van der Waals surface area (Å²) in [6, 6.07) is 2.03. The number of aryl methyl sites for hydroxylation is 2. The highest BCUT2D eigenvalue weighted by Crippen LogP contribution is 2.42. The molecule has 0 fully saturated rings. The van der Waals surface area contributed by atoms with E-state index in [2.05, 4.69) is 15.9 Å². The molecule has 108 valence electrons. The third-order valence-corrected chi connectivity index (χ3v) is 8.02. The SMILES string of the molecule is Cc1cc(C)c(C(Cl)C(C)(C)S(C)(=O)=O)c(C)c1Br. The molecular formula is C14H20BrClO2S. The van der Waals surface area contributed by atoms with Crippen LogP contribution in [0.2, 0.25) is 0 Å². The smallest absolute Gasteiger partial charge is 0.154 e. The highest BCUT2D eigenvalue weighted by molar-refractivity contribution is 9.10. The largest absolute Gasteiger partial charge is 0.229 e. The molecule has 0 aliphatic carbocycles. The molecule has 5 heteroatoms. The molecule has 0 N–H and O–H groups in total. The number of alkyl halides is 1. The lowest BCUT2D eigenvalue weighted by Crippen LogP contribution is -2.36. The molecule has 1 aromatic carbocycles. The van der Waals surface area contributed by atoms with E-state index in [1.54, 1.807) is 13.8 Å². The van der Waals surface area contributed by atoms with Crippen LogP contribution in [0.1, 0.15) is 41.5 Å². The fourth-order valence-electron chi connectivity index (χ4n) is 2.10. The standard InChI is InChI=1S/C14H20BrClO2S/c1-8-7-9(2)12(15)10(3)11(8)13(16)14(4,5)19(6,17)18/h7,13H,1-6H3. The van der Waals surface area contributed by atoms with E-state index in [9.17, 15) is 8.42 Å². The van der Waals surface area contributed by atoms with Gasteiger partial charge >= 0.3 is 0 Å². The van der Waals surface area contributed by atoms with Crippen LogP contribution in [0.5, 0.6) is 0 Å². The van der Waals surface area contributed by atoms with Crippen LogP contribution in [0.4, 0.5) is 0 Å². The lowest BCUT2D eigenvalue weighted by molar-refractivity contribution is 0.542. The Labute approximate surface area is 129 Å². The molecule has 1 rings (SSSR count). The van der Waals surface area contributed by atoms with Crippen molar-refractivity contribution in [3.63, 3.8) is 0 Å². The van der Waals surface area contributed by atoms with Gasteiger partial charge < -0.3 is 0 Å². The minimum absolute atomic E-state index is 0.584. The first kappa shape index (κ1) is 17.0. The number of halogens is 2. The monoisotopic (exact) mass is 366 g/mol. The van der Waals surface area contributed by atoms with Crippen molar-refractivity contribution < 1.29 is 8.42 Å². The quantitative estimate of drug-likeness (QED) is 0.738. The summed E-state index contributed by atoms with van der Waals surface area (Å²) in [7, 11) is -3.25. The third-order valence-electron chi connectivity index (χ3n) is 3.76. The second kappa shape index (κ2) is 5.38. The average Bonchev–Trinajstić information content (AvgIpc) is 2.24. The van der Waals surface area contributed by atoms with Gasteiger partial charge in [0.2, 0.25) is 0 Å². The van der Waals surface area contributed by atoms with Crippen LogP contribution in [0, 0.1) is 20.8 Å². The zero-order valence-corrected chi connectivity index (χ0v) is 15.3. The molecule has 0 spiro atoms. The summed E-state index contributed by atoms with van der Waals surface area (Å²) in [6.07, 6.45) is 1.23. The maximum Gasteiger partial charge on any atom is 0.154 e. The Kier molecular flexibility index (Phi) is 4.81. The Hall–Kier alpha value is -0.0600. The molecule has 19 heavy (non-hydrogen) atoms.